The third kappa shape index (κ3) is 2.75. The number of benzene rings is 1. The lowest BCUT2D eigenvalue weighted by molar-refractivity contribution is -0.141. The standard InChI is InChI=1S/C12H11BrClNO4/c13-8-3-1-2-7(10(8)14)11(17)15-5-6(16)4-9(15)12(18)19/h1-3,6,9,16H,4-5H2,(H,18,19)/t6?,9-/m0/s1. The van der Waals surface area contributed by atoms with E-state index in [-0.39, 0.29) is 23.6 Å². The van der Waals surface area contributed by atoms with Crippen molar-refractivity contribution in [3.05, 3.63) is 33.3 Å². The van der Waals surface area contributed by atoms with Crippen LogP contribution >= 0.6 is 27.5 Å². The van der Waals surface area contributed by atoms with Crippen molar-refractivity contribution < 1.29 is 19.8 Å². The lowest BCUT2D eigenvalue weighted by Crippen LogP contribution is -2.40. The molecule has 2 rings (SSSR count). The van der Waals surface area contributed by atoms with E-state index in [0.717, 1.165) is 4.90 Å². The van der Waals surface area contributed by atoms with Crippen LogP contribution in [0.25, 0.3) is 0 Å². The molecule has 0 aliphatic carbocycles. The van der Waals surface area contributed by atoms with Gasteiger partial charge in [-0.2, -0.15) is 0 Å². The van der Waals surface area contributed by atoms with Gasteiger partial charge in [0.05, 0.1) is 16.7 Å². The molecule has 19 heavy (non-hydrogen) atoms. The summed E-state index contributed by atoms with van der Waals surface area (Å²) in [5.74, 6) is -1.62. The molecular weight excluding hydrogens is 337 g/mol. The number of carboxylic acid groups (broad SMARTS) is 1. The molecule has 1 aliphatic rings. The molecule has 1 saturated heterocycles. The molecule has 2 N–H and O–H groups in total. The number of nitrogens with zero attached hydrogens (tertiary/aromatic N) is 1. The summed E-state index contributed by atoms with van der Waals surface area (Å²) in [5.41, 5.74) is 0.219. The van der Waals surface area contributed by atoms with Crippen molar-refractivity contribution in [1.29, 1.82) is 0 Å². The van der Waals surface area contributed by atoms with E-state index in [9.17, 15) is 14.7 Å². The molecule has 1 fully saturated rings. The zero-order valence-electron chi connectivity index (χ0n) is 9.72. The van der Waals surface area contributed by atoms with E-state index in [1.165, 1.54) is 6.07 Å². The molecule has 5 nitrogen and oxygen atoms in total. The minimum Gasteiger partial charge on any atom is -0.480 e. The molecular formula is C12H11BrClNO4. The minimum atomic E-state index is -1.13. The highest BCUT2D eigenvalue weighted by atomic mass is 79.9. The Bertz CT molecular complexity index is 536. The maximum atomic E-state index is 12.3. The molecule has 0 spiro atoms. The zero-order valence-corrected chi connectivity index (χ0v) is 12.1. The molecule has 1 amide bonds. The van der Waals surface area contributed by atoms with Crippen molar-refractivity contribution in [2.24, 2.45) is 0 Å². The average molecular weight is 349 g/mol. The first-order valence-corrected chi connectivity index (χ1v) is 6.74. The summed E-state index contributed by atoms with van der Waals surface area (Å²) in [6, 6.07) is 3.84. The number of halogens is 2. The summed E-state index contributed by atoms with van der Waals surface area (Å²) >= 11 is 9.24. The Hall–Kier alpha value is -1.11. The van der Waals surface area contributed by atoms with Crippen molar-refractivity contribution >= 4 is 39.4 Å². The summed E-state index contributed by atoms with van der Waals surface area (Å²) in [6.45, 7) is -0.00135. The van der Waals surface area contributed by atoms with Crippen molar-refractivity contribution in [1.82, 2.24) is 4.90 Å². The third-order valence-electron chi connectivity index (χ3n) is 3.01. The van der Waals surface area contributed by atoms with Gasteiger partial charge in [0.2, 0.25) is 0 Å². The summed E-state index contributed by atoms with van der Waals surface area (Å²) in [5, 5.41) is 18.8. The summed E-state index contributed by atoms with van der Waals surface area (Å²) in [4.78, 5) is 24.6. The number of likely N-dealkylation sites (tertiary alicyclic amines) is 1. The number of hydrogen-bond acceptors (Lipinski definition) is 3. The Labute approximate surface area is 122 Å². The van der Waals surface area contributed by atoms with Crippen LogP contribution in [0, 0.1) is 0 Å². The van der Waals surface area contributed by atoms with E-state index in [0.29, 0.717) is 4.47 Å². The minimum absolute atomic E-state index is 0.00135. The van der Waals surface area contributed by atoms with E-state index in [2.05, 4.69) is 15.9 Å². The largest absolute Gasteiger partial charge is 0.480 e. The van der Waals surface area contributed by atoms with Crippen LogP contribution in [0.3, 0.4) is 0 Å². The smallest absolute Gasteiger partial charge is 0.326 e. The van der Waals surface area contributed by atoms with Gasteiger partial charge in [0.15, 0.2) is 0 Å². The number of β-amino-alcohol motifs (C(OH)–C–C–N with tert-alkyl or cyclic N) is 1. The quantitative estimate of drug-likeness (QED) is 0.854. The van der Waals surface area contributed by atoms with Crippen molar-refractivity contribution in [2.75, 3.05) is 6.54 Å². The highest BCUT2D eigenvalue weighted by Crippen LogP contribution is 2.29. The van der Waals surface area contributed by atoms with Crippen LogP contribution in [-0.4, -0.2) is 45.7 Å². The number of amides is 1. The van der Waals surface area contributed by atoms with Crippen LogP contribution in [0.5, 0.6) is 0 Å². The SMILES string of the molecule is O=C(O)[C@@H]1CC(O)CN1C(=O)c1cccc(Br)c1Cl. The maximum absolute atomic E-state index is 12.3. The maximum Gasteiger partial charge on any atom is 0.326 e. The normalized spacial score (nSPS) is 22.6. The van der Waals surface area contributed by atoms with E-state index in [4.69, 9.17) is 16.7 Å². The van der Waals surface area contributed by atoms with Crippen LogP contribution in [0.1, 0.15) is 16.8 Å². The lowest BCUT2D eigenvalue weighted by atomic mass is 10.1. The second-order valence-corrected chi connectivity index (χ2v) is 5.53. The van der Waals surface area contributed by atoms with Gasteiger partial charge in [0, 0.05) is 17.4 Å². The summed E-state index contributed by atoms with van der Waals surface area (Å²) in [6.07, 6.45) is -0.789. The van der Waals surface area contributed by atoms with Crippen LogP contribution in [0.15, 0.2) is 22.7 Å². The van der Waals surface area contributed by atoms with Gasteiger partial charge >= 0.3 is 5.97 Å². The first-order chi connectivity index (χ1) is 8.91. The van der Waals surface area contributed by atoms with Gasteiger partial charge in [-0.15, -0.1) is 0 Å². The molecule has 1 heterocycles. The Morgan fingerprint density at radius 2 is 2.11 bits per heavy atom. The Morgan fingerprint density at radius 1 is 1.42 bits per heavy atom. The number of rotatable bonds is 2. The van der Waals surface area contributed by atoms with Gasteiger partial charge in [0.1, 0.15) is 6.04 Å². The third-order valence-corrected chi connectivity index (χ3v) is 4.30. The predicted molar refractivity (Wildman–Crippen MR) is 72.2 cm³/mol. The van der Waals surface area contributed by atoms with Crippen molar-refractivity contribution in [2.45, 2.75) is 18.6 Å². The monoisotopic (exact) mass is 347 g/mol. The predicted octanol–water partition coefficient (Wildman–Crippen LogP) is 1.76. The molecule has 102 valence electrons. The summed E-state index contributed by atoms with van der Waals surface area (Å²) in [7, 11) is 0. The van der Waals surface area contributed by atoms with Gasteiger partial charge in [-0.05, 0) is 28.1 Å². The topological polar surface area (TPSA) is 77.8 Å². The number of aliphatic hydroxyl groups is 1. The van der Waals surface area contributed by atoms with Crippen molar-refractivity contribution in [3.8, 4) is 0 Å². The molecule has 0 bridgehead atoms. The van der Waals surface area contributed by atoms with Gasteiger partial charge in [-0.1, -0.05) is 17.7 Å². The number of aliphatic hydroxyl groups excluding tert-OH is 1. The molecule has 1 aromatic rings. The Balaban J connectivity index is 2.33. The molecule has 2 atom stereocenters. The van der Waals surface area contributed by atoms with E-state index in [1.807, 2.05) is 0 Å². The molecule has 0 aromatic heterocycles. The van der Waals surface area contributed by atoms with Gasteiger partial charge in [0.25, 0.3) is 5.91 Å². The van der Waals surface area contributed by atoms with Crippen LogP contribution < -0.4 is 0 Å². The van der Waals surface area contributed by atoms with Gasteiger partial charge < -0.3 is 15.1 Å². The second kappa shape index (κ2) is 5.48. The van der Waals surface area contributed by atoms with Crippen molar-refractivity contribution in [3.63, 3.8) is 0 Å². The van der Waals surface area contributed by atoms with E-state index >= 15 is 0 Å². The molecule has 7 heteroatoms. The second-order valence-electron chi connectivity index (χ2n) is 4.30. The van der Waals surface area contributed by atoms with Crippen LogP contribution in [-0.2, 0) is 4.79 Å². The average Bonchev–Trinajstić information content (AvgIpc) is 2.74. The molecule has 1 aromatic carbocycles. The fraction of sp³-hybridized carbons (Fsp3) is 0.333. The Morgan fingerprint density at radius 3 is 2.74 bits per heavy atom. The number of carbonyl (C=O) groups excluding carboxylic acids is 1. The number of aliphatic carboxylic acids is 1. The zero-order chi connectivity index (χ0) is 14.2. The van der Waals surface area contributed by atoms with Gasteiger partial charge in [-0.3, -0.25) is 4.79 Å². The van der Waals surface area contributed by atoms with Crippen LogP contribution in [0.2, 0.25) is 5.02 Å². The highest BCUT2D eigenvalue weighted by Gasteiger charge is 2.39. The number of carbonyl (C=O) groups is 2. The first kappa shape index (κ1) is 14.3. The highest BCUT2D eigenvalue weighted by molar-refractivity contribution is 9.10. The number of hydrogen-bond donors (Lipinski definition) is 2. The lowest BCUT2D eigenvalue weighted by Gasteiger charge is -2.21. The first-order valence-electron chi connectivity index (χ1n) is 5.57. The number of carboxylic acids is 1. The fourth-order valence-electron chi connectivity index (χ4n) is 2.10. The van der Waals surface area contributed by atoms with E-state index in [1.54, 1.807) is 12.1 Å². The molecule has 0 saturated carbocycles. The molecule has 1 unspecified atom stereocenters. The summed E-state index contributed by atoms with van der Waals surface area (Å²) < 4.78 is 0.562. The molecule has 1 aliphatic heterocycles. The molecule has 0 radical (unpaired) electrons. The van der Waals surface area contributed by atoms with Gasteiger partial charge in [-0.25, -0.2) is 4.79 Å². The fourth-order valence-corrected chi connectivity index (χ4v) is 2.67. The Kier molecular flexibility index (Phi) is 4.13. The van der Waals surface area contributed by atoms with E-state index < -0.39 is 24.0 Å². The van der Waals surface area contributed by atoms with Crippen LogP contribution in [0.4, 0.5) is 0 Å².